The summed E-state index contributed by atoms with van der Waals surface area (Å²) in [4.78, 5) is 2.98. The van der Waals surface area contributed by atoms with Crippen molar-refractivity contribution in [2.45, 2.75) is 12.7 Å². The minimum absolute atomic E-state index is 0.207. The number of alkyl halides is 3. The molecule has 9 heteroatoms. The van der Waals surface area contributed by atoms with Crippen molar-refractivity contribution in [1.82, 2.24) is 4.98 Å². The lowest BCUT2D eigenvalue weighted by Gasteiger charge is -2.12. The third-order valence-electron chi connectivity index (χ3n) is 2.72. The Morgan fingerprint density at radius 3 is 2.55 bits per heavy atom. The van der Waals surface area contributed by atoms with Crippen LogP contribution in [0.4, 0.5) is 18.3 Å². The summed E-state index contributed by atoms with van der Waals surface area (Å²) in [6, 6.07) is 3.54. The average Bonchev–Trinajstić information content (AvgIpc) is 2.93. The smallest absolute Gasteiger partial charge is 0.427 e. The lowest BCUT2D eigenvalue weighted by Crippen LogP contribution is -2.01. The zero-order chi connectivity index (χ0) is 16.3. The molecule has 120 valence electrons. The molecule has 0 atom stereocenters. The quantitative estimate of drug-likeness (QED) is 0.804. The van der Waals surface area contributed by atoms with Gasteiger partial charge in [0.25, 0.3) is 0 Å². The number of ether oxygens (including phenoxy) is 2. The van der Waals surface area contributed by atoms with Crippen LogP contribution in [0.5, 0.6) is 11.5 Å². The van der Waals surface area contributed by atoms with Crippen LogP contribution in [0.25, 0.3) is 0 Å². The van der Waals surface area contributed by atoms with E-state index < -0.39 is 11.1 Å². The van der Waals surface area contributed by atoms with E-state index in [0.29, 0.717) is 33.9 Å². The van der Waals surface area contributed by atoms with E-state index in [-0.39, 0.29) is 5.13 Å². The second-order valence-electron chi connectivity index (χ2n) is 4.19. The van der Waals surface area contributed by atoms with Gasteiger partial charge in [-0.2, -0.15) is 13.2 Å². The molecule has 1 N–H and O–H groups in total. The van der Waals surface area contributed by atoms with E-state index in [1.165, 1.54) is 14.2 Å². The van der Waals surface area contributed by atoms with Crippen LogP contribution in [0.15, 0.2) is 22.8 Å². The highest BCUT2D eigenvalue weighted by Crippen LogP contribution is 2.37. The number of hydrogen-bond acceptors (Lipinski definition) is 5. The summed E-state index contributed by atoms with van der Waals surface area (Å²) in [6.07, 6.45) is -3.55. The zero-order valence-corrected chi connectivity index (χ0v) is 14.0. The topological polar surface area (TPSA) is 43.4 Å². The fourth-order valence-corrected chi connectivity index (χ4v) is 3.07. The third-order valence-corrected chi connectivity index (χ3v) is 4.31. The van der Waals surface area contributed by atoms with Gasteiger partial charge in [-0.1, -0.05) is 11.3 Å². The van der Waals surface area contributed by atoms with Gasteiger partial charge in [-0.15, -0.1) is 0 Å². The number of thiazole rings is 1. The Bertz CT molecular complexity index is 661. The Hall–Kier alpha value is -1.48. The van der Waals surface area contributed by atoms with Crippen molar-refractivity contribution in [1.29, 1.82) is 0 Å². The molecule has 0 amide bonds. The molecule has 22 heavy (non-hydrogen) atoms. The molecular weight excluding hydrogens is 385 g/mol. The largest absolute Gasteiger partial charge is 0.493 e. The minimum Gasteiger partial charge on any atom is -0.493 e. The number of rotatable bonds is 5. The molecule has 0 aliphatic heterocycles. The van der Waals surface area contributed by atoms with E-state index in [1.54, 1.807) is 12.1 Å². The van der Waals surface area contributed by atoms with Crippen LogP contribution in [0, 0.1) is 0 Å². The summed E-state index contributed by atoms with van der Waals surface area (Å²) in [5, 5.41) is 3.07. The van der Waals surface area contributed by atoms with Crippen LogP contribution in [0.3, 0.4) is 0 Å². The first-order valence-electron chi connectivity index (χ1n) is 6.02. The molecule has 0 bridgehead atoms. The number of methoxy groups -OCH3 is 2. The molecule has 1 aromatic heterocycles. The number of nitrogens with one attached hydrogen (secondary N) is 1. The molecule has 1 aromatic carbocycles. The van der Waals surface area contributed by atoms with Gasteiger partial charge in [-0.25, -0.2) is 4.98 Å². The van der Waals surface area contributed by atoms with Gasteiger partial charge in [0.15, 0.2) is 16.6 Å². The number of nitrogens with zero attached hydrogens (tertiary/aromatic N) is 1. The molecule has 4 nitrogen and oxygen atoms in total. The highest BCUT2D eigenvalue weighted by Gasteiger charge is 2.33. The Balaban J connectivity index is 2.12. The molecule has 0 aliphatic carbocycles. The van der Waals surface area contributed by atoms with Gasteiger partial charge in [-0.3, -0.25) is 0 Å². The lowest BCUT2D eigenvalue weighted by molar-refractivity contribution is -0.134. The van der Waals surface area contributed by atoms with Crippen molar-refractivity contribution in [3.8, 4) is 11.5 Å². The molecular formula is C13H12BrF3N2O2S. The molecule has 2 rings (SSSR count). The maximum absolute atomic E-state index is 12.5. The first kappa shape index (κ1) is 16.9. The normalized spacial score (nSPS) is 11.4. The highest BCUT2D eigenvalue weighted by molar-refractivity contribution is 9.10. The van der Waals surface area contributed by atoms with Gasteiger partial charge in [0.1, 0.15) is 4.88 Å². The van der Waals surface area contributed by atoms with Crippen LogP contribution < -0.4 is 14.8 Å². The Morgan fingerprint density at radius 2 is 2.00 bits per heavy atom. The first-order valence-corrected chi connectivity index (χ1v) is 7.63. The molecule has 0 fully saturated rings. The first-order chi connectivity index (χ1) is 10.3. The maximum Gasteiger partial charge on any atom is 0.427 e. The molecule has 0 radical (unpaired) electrons. The summed E-state index contributed by atoms with van der Waals surface area (Å²) < 4.78 is 48.6. The fraction of sp³-hybridized carbons (Fsp3) is 0.308. The van der Waals surface area contributed by atoms with E-state index in [2.05, 4.69) is 26.2 Å². The van der Waals surface area contributed by atoms with Crippen molar-refractivity contribution in [3.05, 3.63) is 33.2 Å². The fourth-order valence-electron chi connectivity index (χ4n) is 1.74. The van der Waals surface area contributed by atoms with Crippen LogP contribution in [0.2, 0.25) is 0 Å². The van der Waals surface area contributed by atoms with Crippen LogP contribution >= 0.6 is 27.3 Å². The molecule has 0 aliphatic rings. The number of halogens is 4. The predicted octanol–water partition coefficient (Wildman–Crippen LogP) is 4.55. The van der Waals surface area contributed by atoms with Gasteiger partial charge in [-0.05, 0) is 33.6 Å². The van der Waals surface area contributed by atoms with Crippen LogP contribution in [-0.4, -0.2) is 19.2 Å². The number of benzene rings is 1. The van der Waals surface area contributed by atoms with Crippen molar-refractivity contribution >= 4 is 32.4 Å². The van der Waals surface area contributed by atoms with Crippen molar-refractivity contribution in [2.75, 3.05) is 19.5 Å². The van der Waals surface area contributed by atoms with Crippen LogP contribution in [0.1, 0.15) is 10.4 Å². The van der Waals surface area contributed by atoms with Crippen molar-refractivity contribution in [2.24, 2.45) is 0 Å². The number of anilines is 1. The Kier molecular flexibility index (Phi) is 5.17. The van der Waals surface area contributed by atoms with Crippen molar-refractivity contribution < 1.29 is 22.6 Å². The van der Waals surface area contributed by atoms with E-state index in [4.69, 9.17) is 9.47 Å². The second-order valence-corrected chi connectivity index (χ2v) is 6.08. The zero-order valence-electron chi connectivity index (χ0n) is 11.6. The summed E-state index contributed by atoms with van der Waals surface area (Å²) in [7, 11) is 3.03. The van der Waals surface area contributed by atoms with Gasteiger partial charge >= 0.3 is 6.18 Å². The van der Waals surface area contributed by atoms with Crippen LogP contribution in [-0.2, 0) is 12.7 Å². The number of aromatic nitrogens is 1. The maximum atomic E-state index is 12.5. The molecule has 0 spiro atoms. The highest BCUT2D eigenvalue weighted by atomic mass is 79.9. The summed E-state index contributed by atoms with van der Waals surface area (Å²) in [5.74, 6) is 1.09. The number of hydrogen-bond donors (Lipinski definition) is 1. The minimum atomic E-state index is -4.37. The Labute approximate surface area is 137 Å². The lowest BCUT2D eigenvalue weighted by atomic mass is 10.2. The van der Waals surface area contributed by atoms with Gasteiger partial charge < -0.3 is 14.8 Å². The molecule has 2 aromatic rings. The predicted molar refractivity (Wildman–Crippen MR) is 81.7 cm³/mol. The molecule has 1 heterocycles. The SMILES string of the molecule is COc1cc(CNc2ncc(C(F)(F)F)s2)cc(Br)c1OC. The van der Waals surface area contributed by atoms with Gasteiger partial charge in [0.05, 0.1) is 24.9 Å². The van der Waals surface area contributed by atoms with E-state index >= 15 is 0 Å². The standard InChI is InChI=1S/C13H12BrF3N2O2S/c1-20-9-4-7(3-8(14)11(9)21-2)5-18-12-19-6-10(22-12)13(15,16)17/h3-4,6H,5H2,1-2H3,(H,18,19). The Morgan fingerprint density at radius 1 is 1.27 bits per heavy atom. The molecule has 0 saturated heterocycles. The molecule has 0 saturated carbocycles. The van der Waals surface area contributed by atoms with E-state index in [9.17, 15) is 13.2 Å². The van der Waals surface area contributed by atoms with E-state index in [1.807, 2.05) is 0 Å². The summed E-state index contributed by atoms with van der Waals surface area (Å²) >= 11 is 3.93. The summed E-state index contributed by atoms with van der Waals surface area (Å²) in [5.41, 5.74) is 0.813. The monoisotopic (exact) mass is 396 g/mol. The van der Waals surface area contributed by atoms with Crippen molar-refractivity contribution in [3.63, 3.8) is 0 Å². The molecule has 0 unspecified atom stereocenters. The second kappa shape index (κ2) is 6.74. The third kappa shape index (κ3) is 3.83. The van der Waals surface area contributed by atoms with Gasteiger partial charge in [0, 0.05) is 6.54 Å². The van der Waals surface area contributed by atoms with E-state index in [0.717, 1.165) is 11.8 Å². The van der Waals surface area contributed by atoms with Gasteiger partial charge in [0.2, 0.25) is 0 Å². The summed E-state index contributed by atoms with van der Waals surface area (Å²) in [6.45, 7) is 0.309. The average molecular weight is 397 g/mol.